The van der Waals surface area contributed by atoms with Crippen molar-refractivity contribution in [1.29, 1.82) is 0 Å². The van der Waals surface area contributed by atoms with Crippen LogP contribution in [0.15, 0.2) is 0 Å². The van der Waals surface area contributed by atoms with Gasteiger partial charge < -0.3 is 9.84 Å². The summed E-state index contributed by atoms with van der Waals surface area (Å²) >= 11 is 5.37. The topological polar surface area (TPSA) is 46.5 Å². The highest BCUT2D eigenvalue weighted by atomic mass is 35.5. The van der Waals surface area contributed by atoms with Gasteiger partial charge in [0.1, 0.15) is 0 Å². The van der Waals surface area contributed by atoms with Crippen LogP contribution in [0, 0.1) is 0 Å². The van der Waals surface area contributed by atoms with Crippen LogP contribution >= 0.6 is 11.6 Å². The molecule has 0 aromatic rings. The van der Waals surface area contributed by atoms with E-state index < -0.39 is 11.7 Å². The Labute approximate surface area is 58.6 Å². The van der Waals surface area contributed by atoms with E-state index in [9.17, 15) is 4.79 Å². The maximum absolute atomic E-state index is 9.78. The summed E-state index contributed by atoms with van der Waals surface area (Å²) in [4.78, 5) is 9.78. The van der Waals surface area contributed by atoms with Gasteiger partial charge in [-0.25, -0.2) is 4.79 Å². The van der Waals surface area contributed by atoms with E-state index in [2.05, 4.69) is 4.74 Å². The van der Waals surface area contributed by atoms with Gasteiger partial charge in [0.05, 0.1) is 0 Å². The van der Waals surface area contributed by atoms with Gasteiger partial charge in [-0.05, 0) is 6.42 Å². The number of ether oxygens (including phenoxy) is 1. The van der Waals surface area contributed by atoms with Gasteiger partial charge >= 0.3 is 6.16 Å². The molecule has 0 aromatic carbocycles. The summed E-state index contributed by atoms with van der Waals surface area (Å²) in [5.41, 5.74) is -0.688. The molecule has 54 valence electrons. The van der Waals surface area contributed by atoms with Crippen molar-refractivity contribution in [3.05, 3.63) is 0 Å². The lowest BCUT2D eigenvalue weighted by Crippen LogP contribution is -2.09. The highest BCUT2D eigenvalue weighted by Crippen LogP contribution is 2.05. The van der Waals surface area contributed by atoms with E-state index in [0.717, 1.165) is 6.42 Å². The van der Waals surface area contributed by atoms with Crippen LogP contribution in [-0.2, 0) is 4.74 Å². The molecule has 0 aliphatic carbocycles. The van der Waals surface area contributed by atoms with Crippen molar-refractivity contribution < 1.29 is 14.6 Å². The third-order valence-electron chi connectivity index (χ3n) is 0.744. The fourth-order valence-electron chi connectivity index (χ4n) is 0.395. The minimum Gasteiger partial charge on any atom is -0.450 e. The molecular weight excluding hydrogens is 144 g/mol. The molecule has 0 saturated heterocycles. The van der Waals surface area contributed by atoms with Crippen LogP contribution in [0.1, 0.15) is 19.8 Å². The van der Waals surface area contributed by atoms with Crippen molar-refractivity contribution in [1.82, 2.24) is 0 Å². The average Bonchev–Trinajstić information content (AvgIpc) is 1.63. The summed E-state index contributed by atoms with van der Waals surface area (Å²) in [5, 5.41) is 8.00. The van der Waals surface area contributed by atoms with E-state index in [4.69, 9.17) is 16.7 Å². The maximum atomic E-state index is 9.78. The van der Waals surface area contributed by atoms with Crippen molar-refractivity contribution in [2.75, 3.05) is 0 Å². The Balaban J connectivity index is 3.26. The third-order valence-corrected chi connectivity index (χ3v) is 1.05. The zero-order chi connectivity index (χ0) is 7.28. The normalized spacial score (nSPS) is 12.7. The lowest BCUT2D eigenvalue weighted by Gasteiger charge is -2.04. The number of alkyl halides is 1. The fourth-order valence-corrected chi connectivity index (χ4v) is 0.690. The number of hydrogen-bond acceptors (Lipinski definition) is 2. The van der Waals surface area contributed by atoms with Gasteiger partial charge in [0.25, 0.3) is 0 Å². The van der Waals surface area contributed by atoms with Crippen LogP contribution in [0.5, 0.6) is 0 Å². The summed E-state index contributed by atoms with van der Waals surface area (Å²) in [6, 6.07) is 0. The lowest BCUT2D eigenvalue weighted by atomic mass is 10.4. The van der Waals surface area contributed by atoms with Gasteiger partial charge in [-0.15, -0.1) is 0 Å². The molecule has 1 atom stereocenters. The smallest absolute Gasteiger partial charge is 0.450 e. The molecule has 0 aromatic heterocycles. The second-order valence-electron chi connectivity index (χ2n) is 1.58. The predicted octanol–water partition coefficient (Wildman–Crippen LogP) is 2.05. The molecule has 0 spiro atoms. The minimum absolute atomic E-state index is 0.563. The van der Waals surface area contributed by atoms with E-state index in [1.165, 1.54) is 0 Å². The zero-order valence-electron chi connectivity index (χ0n) is 5.13. The molecule has 9 heavy (non-hydrogen) atoms. The number of hydrogen-bond donors (Lipinski definition) is 1. The lowest BCUT2D eigenvalue weighted by molar-refractivity contribution is 0.0772. The number of halogens is 1. The van der Waals surface area contributed by atoms with Crippen molar-refractivity contribution in [2.24, 2.45) is 0 Å². The monoisotopic (exact) mass is 152 g/mol. The summed E-state index contributed by atoms with van der Waals surface area (Å²) in [5.74, 6) is 0. The van der Waals surface area contributed by atoms with Gasteiger partial charge in [0, 0.05) is 0 Å². The highest BCUT2D eigenvalue weighted by Gasteiger charge is 2.06. The zero-order valence-corrected chi connectivity index (χ0v) is 5.89. The molecule has 0 aliphatic rings. The third kappa shape index (κ3) is 5.43. The fraction of sp³-hybridized carbons (Fsp3) is 0.800. The van der Waals surface area contributed by atoms with E-state index >= 15 is 0 Å². The molecule has 0 radical (unpaired) electrons. The first-order valence-electron chi connectivity index (χ1n) is 2.70. The molecule has 0 bridgehead atoms. The number of carbonyl (C=O) groups is 1. The Hall–Kier alpha value is -0.440. The first-order valence-corrected chi connectivity index (χ1v) is 3.14. The molecule has 1 N–H and O–H groups in total. The van der Waals surface area contributed by atoms with Crippen molar-refractivity contribution in [3.63, 3.8) is 0 Å². The van der Waals surface area contributed by atoms with Crippen LogP contribution in [0.4, 0.5) is 4.79 Å². The molecular formula is C5H9ClO3. The van der Waals surface area contributed by atoms with E-state index in [1.807, 2.05) is 6.92 Å². The molecule has 0 fully saturated rings. The van der Waals surface area contributed by atoms with Gasteiger partial charge in [-0.3, -0.25) is 0 Å². The summed E-state index contributed by atoms with van der Waals surface area (Å²) in [7, 11) is 0. The van der Waals surface area contributed by atoms with Crippen molar-refractivity contribution in [2.45, 2.75) is 25.3 Å². The van der Waals surface area contributed by atoms with Crippen molar-refractivity contribution >= 4 is 17.8 Å². The largest absolute Gasteiger partial charge is 0.507 e. The molecule has 0 heterocycles. The standard InChI is InChI=1S/C5H9ClO3/c1-2-3-4(6)9-5(7)8/h4H,2-3H2,1H3,(H,7,8). The molecule has 4 heteroatoms. The van der Waals surface area contributed by atoms with Crippen LogP contribution < -0.4 is 0 Å². The van der Waals surface area contributed by atoms with Gasteiger partial charge in [0.15, 0.2) is 5.56 Å². The number of carboxylic acid groups (broad SMARTS) is 1. The molecule has 0 amide bonds. The molecule has 1 unspecified atom stereocenters. The molecule has 0 rings (SSSR count). The quantitative estimate of drug-likeness (QED) is 0.497. The Morgan fingerprint density at radius 2 is 2.44 bits per heavy atom. The van der Waals surface area contributed by atoms with E-state index in [0.29, 0.717) is 6.42 Å². The molecule has 0 saturated carbocycles. The van der Waals surface area contributed by atoms with E-state index in [1.54, 1.807) is 0 Å². The number of rotatable bonds is 3. The Bertz CT molecular complexity index is 94.2. The van der Waals surface area contributed by atoms with Gasteiger partial charge in [-0.1, -0.05) is 24.9 Å². The summed E-state index contributed by atoms with van der Waals surface area (Å²) in [6.45, 7) is 1.90. The average molecular weight is 153 g/mol. The molecule has 0 aliphatic heterocycles. The highest BCUT2D eigenvalue weighted by molar-refractivity contribution is 6.20. The minimum atomic E-state index is -1.32. The van der Waals surface area contributed by atoms with Crippen LogP contribution in [0.25, 0.3) is 0 Å². The van der Waals surface area contributed by atoms with Crippen LogP contribution in [0.3, 0.4) is 0 Å². The first-order chi connectivity index (χ1) is 4.16. The van der Waals surface area contributed by atoms with Crippen LogP contribution in [-0.4, -0.2) is 16.8 Å². The summed E-state index contributed by atoms with van der Waals surface area (Å²) in [6.07, 6.45) is 0.0680. The first kappa shape index (κ1) is 8.56. The Kier molecular flexibility index (Phi) is 4.22. The Morgan fingerprint density at radius 3 is 2.78 bits per heavy atom. The second-order valence-corrected chi connectivity index (χ2v) is 2.07. The molecule has 3 nitrogen and oxygen atoms in total. The van der Waals surface area contributed by atoms with Crippen molar-refractivity contribution in [3.8, 4) is 0 Å². The predicted molar refractivity (Wildman–Crippen MR) is 33.7 cm³/mol. The van der Waals surface area contributed by atoms with Gasteiger partial charge in [-0.2, -0.15) is 0 Å². The van der Waals surface area contributed by atoms with E-state index in [-0.39, 0.29) is 0 Å². The van der Waals surface area contributed by atoms with Crippen LogP contribution in [0.2, 0.25) is 0 Å². The summed E-state index contributed by atoms with van der Waals surface area (Å²) < 4.78 is 4.17. The Morgan fingerprint density at radius 1 is 1.89 bits per heavy atom. The van der Waals surface area contributed by atoms with Gasteiger partial charge in [0.2, 0.25) is 0 Å². The second kappa shape index (κ2) is 4.44. The SMILES string of the molecule is CCCC(Cl)OC(=O)O. The maximum Gasteiger partial charge on any atom is 0.507 e.